The summed E-state index contributed by atoms with van der Waals surface area (Å²) in [6.07, 6.45) is 7.76. The monoisotopic (exact) mass is 207 g/mol. The highest BCUT2D eigenvalue weighted by Crippen LogP contribution is 2.13. The van der Waals surface area contributed by atoms with Crippen molar-refractivity contribution in [3.63, 3.8) is 0 Å². The SMILES string of the molecule is C#CCCCCNc1ccc(C(=O)O)o1. The predicted molar refractivity (Wildman–Crippen MR) is 56.8 cm³/mol. The van der Waals surface area contributed by atoms with E-state index in [0.717, 1.165) is 25.8 Å². The Hall–Kier alpha value is -1.89. The molecule has 0 radical (unpaired) electrons. The summed E-state index contributed by atoms with van der Waals surface area (Å²) in [5.74, 6) is 1.92. The van der Waals surface area contributed by atoms with Crippen LogP contribution < -0.4 is 5.32 Å². The van der Waals surface area contributed by atoms with Gasteiger partial charge in [0.1, 0.15) is 0 Å². The number of carboxylic acid groups (broad SMARTS) is 1. The van der Waals surface area contributed by atoms with E-state index in [9.17, 15) is 4.79 Å². The molecule has 0 aliphatic carbocycles. The number of rotatable bonds is 6. The van der Waals surface area contributed by atoms with Crippen molar-refractivity contribution in [2.75, 3.05) is 11.9 Å². The van der Waals surface area contributed by atoms with Crippen LogP contribution in [0.4, 0.5) is 5.88 Å². The van der Waals surface area contributed by atoms with Gasteiger partial charge >= 0.3 is 5.97 Å². The zero-order chi connectivity index (χ0) is 11.1. The van der Waals surface area contributed by atoms with Crippen LogP contribution in [0.3, 0.4) is 0 Å². The molecule has 0 aromatic carbocycles. The number of furan rings is 1. The third-order valence-electron chi connectivity index (χ3n) is 1.86. The first kappa shape index (κ1) is 11.2. The molecular weight excluding hydrogens is 194 g/mol. The highest BCUT2D eigenvalue weighted by Gasteiger charge is 2.07. The van der Waals surface area contributed by atoms with Gasteiger partial charge in [-0.2, -0.15) is 0 Å². The largest absolute Gasteiger partial charge is 0.475 e. The first-order valence-electron chi connectivity index (χ1n) is 4.74. The van der Waals surface area contributed by atoms with Crippen LogP contribution in [-0.2, 0) is 0 Å². The molecule has 15 heavy (non-hydrogen) atoms. The Kier molecular flexibility index (Phi) is 4.30. The van der Waals surface area contributed by atoms with Crippen LogP contribution in [0.1, 0.15) is 29.8 Å². The van der Waals surface area contributed by atoms with Gasteiger partial charge in [-0.05, 0) is 18.9 Å². The molecule has 0 amide bonds. The van der Waals surface area contributed by atoms with Gasteiger partial charge in [0.25, 0.3) is 0 Å². The topological polar surface area (TPSA) is 62.5 Å². The Morgan fingerprint density at radius 1 is 1.53 bits per heavy atom. The Morgan fingerprint density at radius 2 is 2.33 bits per heavy atom. The van der Waals surface area contributed by atoms with E-state index in [1.165, 1.54) is 6.07 Å². The number of carbonyl (C=O) groups is 1. The van der Waals surface area contributed by atoms with Gasteiger partial charge in [-0.3, -0.25) is 0 Å². The molecule has 1 aromatic heterocycles. The number of carboxylic acids is 1. The quantitative estimate of drug-likeness (QED) is 0.554. The molecule has 0 spiro atoms. The normalized spacial score (nSPS) is 9.53. The standard InChI is InChI=1S/C11H13NO3/c1-2-3-4-5-8-12-10-7-6-9(15-10)11(13)14/h1,6-7,12H,3-5,8H2,(H,13,14). The predicted octanol–water partition coefficient (Wildman–Crippen LogP) is 2.19. The van der Waals surface area contributed by atoms with Crippen LogP contribution >= 0.6 is 0 Å². The average molecular weight is 207 g/mol. The summed E-state index contributed by atoms with van der Waals surface area (Å²) in [5, 5.41) is 11.6. The van der Waals surface area contributed by atoms with Crippen molar-refractivity contribution in [3.8, 4) is 12.3 Å². The van der Waals surface area contributed by atoms with Crippen LogP contribution in [0, 0.1) is 12.3 Å². The number of unbranched alkanes of at least 4 members (excludes halogenated alkanes) is 2. The van der Waals surface area contributed by atoms with Crippen LogP contribution in [0.25, 0.3) is 0 Å². The molecule has 0 bridgehead atoms. The highest BCUT2D eigenvalue weighted by molar-refractivity contribution is 5.84. The van der Waals surface area contributed by atoms with Crippen LogP contribution in [-0.4, -0.2) is 17.6 Å². The molecule has 0 aliphatic rings. The molecule has 1 rings (SSSR count). The number of hydrogen-bond acceptors (Lipinski definition) is 3. The average Bonchev–Trinajstić information content (AvgIpc) is 2.66. The van der Waals surface area contributed by atoms with Crippen molar-refractivity contribution in [1.29, 1.82) is 0 Å². The van der Waals surface area contributed by atoms with Gasteiger partial charge in [-0.25, -0.2) is 4.79 Å². The number of anilines is 1. The van der Waals surface area contributed by atoms with E-state index in [1.807, 2.05) is 0 Å². The summed E-state index contributed by atoms with van der Waals surface area (Å²) in [4.78, 5) is 10.5. The van der Waals surface area contributed by atoms with E-state index in [2.05, 4.69) is 11.2 Å². The minimum Gasteiger partial charge on any atom is -0.475 e. The zero-order valence-electron chi connectivity index (χ0n) is 8.32. The third kappa shape index (κ3) is 3.77. The lowest BCUT2D eigenvalue weighted by Gasteiger charge is -2.00. The van der Waals surface area contributed by atoms with Gasteiger partial charge in [0.15, 0.2) is 5.88 Å². The van der Waals surface area contributed by atoms with E-state index >= 15 is 0 Å². The van der Waals surface area contributed by atoms with Gasteiger partial charge in [0.2, 0.25) is 5.76 Å². The molecule has 4 nitrogen and oxygen atoms in total. The van der Waals surface area contributed by atoms with Gasteiger partial charge < -0.3 is 14.8 Å². The summed E-state index contributed by atoms with van der Waals surface area (Å²) in [6.45, 7) is 0.730. The molecule has 80 valence electrons. The molecule has 0 saturated carbocycles. The molecule has 0 saturated heterocycles. The zero-order valence-corrected chi connectivity index (χ0v) is 8.32. The van der Waals surface area contributed by atoms with E-state index in [4.69, 9.17) is 15.9 Å². The van der Waals surface area contributed by atoms with Crippen molar-refractivity contribution in [2.45, 2.75) is 19.3 Å². The Balaban J connectivity index is 2.26. The van der Waals surface area contributed by atoms with Gasteiger partial charge in [-0.15, -0.1) is 12.3 Å². The fourth-order valence-corrected chi connectivity index (χ4v) is 1.11. The van der Waals surface area contributed by atoms with Crippen molar-refractivity contribution in [3.05, 3.63) is 17.9 Å². The number of terminal acetylenes is 1. The molecule has 2 N–H and O–H groups in total. The lowest BCUT2D eigenvalue weighted by molar-refractivity contribution is 0.0663. The molecule has 1 heterocycles. The second-order valence-corrected chi connectivity index (χ2v) is 3.06. The Morgan fingerprint density at radius 3 is 2.93 bits per heavy atom. The lowest BCUT2D eigenvalue weighted by Crippen LogP contribution is -2.00. The smallest absolute Gasteiger partial charge is 0.371 e. The maximum Gasteiger partial charge on any atom is 0.371 e. The number of nitrogens with one attached hydrogen (secondary N) is 1. The van der Waals surface area contributed by atoms with Crippen LogP contribution in [0.2, 0.25) is 0 Å². The molecule has 0 unspecified atom stereocenters. The Labute approximate surface area is 88.3 Å². The first-order chi connectivity index (χ1) is 7.24. The van der Waals surface area contributed by atoms with E-state index < -0.39 is 5.97 Å². The molecule has 0 fully saturated rings. The summed E-state index contributed by atoms with van der Waals surface area (Å²) < 4.78 is 5.00. The number of aromatic carboxylic acids is 1. The molecule has 1 aromatic rings. The molecule has 4 heteroatoms. The van der Waals surface area contributed by atoms with E-state index in [1.54, 1.807) is 6.07 Å². The van der Waals surface area contributed by atoms with Crippen molar-refractivity contribution in [2.24, 2.45) is 0 Å². The van der Waals surface area contributed by atoms with Gasteiger partial charge in [0, 0.05) is 19.0 Å². The summed E-state index contributed by atoms with van der Waals surface area (Å²) >= 11 is 0. The molecule has 0 atom stereocenters. The lowest BCUT2D eigenvalue weighted by atomic mass is 10.2. The van der Waals surface area contributed by atoms with Crippen LogP contribution in [0.15, 0.2) is 16.5 Å². The van der Waals surface area contributed by atoms with E-state index in [-0.39, 0.29) is 5.76 Å². The fraction of sp³-hybridized carbons (Fsp3) is 0.364. The summed E-state index contributed by atoms with van der Waals surface area (Å²) in [7, 11) is 0. The maximum absolute atomic E-state index is 10.5. The summed E-state index contributed by atoms with van der Waals surface area (Å²) in [5.41, 5.74) is 0. The molecular formula is C11H13NO3. The third-order valence-corrected chi connectivity index (χ3v) is 1.86. The molecule has 0 aliphatic heterocycles. The summed E-state index contributed by atoms with van der Waals surface area (Å²) in [6, 6.07) is 3.02. The minimum absolute atomic E-state index is 0.0545. The van der Waals surface area contributed by atoms with Gasteiger partial charge in [-0.1, -0.05) is 0 Å². The first-order valence-corrected chi connectivity index (χ1v) is 4.74. The van der Waals surface area contributed by atoms with E-state index in [0.29, 0.717) is 5.88 Å². The van der Waals surface area contributed by atoms with Gasteiger partial charge in [0.05, 0.1) is 0 Å². The van der Waals surface area contributed by atoms with Crippen molar-refractivity contribution >= 4 is 11.9 Å². The number of hydrogen-bond donors (Lipinski definition) is 2. The fourth-order valence-electron chi connectivity index (χ4n) is 1.11. The second-order valence-electron chi connectivity index (χ2n) is 3.06. The minimum atomic E-state index is -1.06. The second kappa shape index (κ2) is 5.76. The van der Waals surface area contributed by atoms with Crippen LogP contribution in [0.5, 0.6) is 0 Å². The van der Waals surface area contributed by atoms with Crippen molar-refractivity contribution in [1.82, 2.24) is 0 Å². The highest BCUT2D eigenvalue weighted by atomic mass is 16.4. The maximum atomic E-state index is 10.5. The Bertz CT molecular complexity index is 362. The van der Waals surface area contributed by atoms with Crippen molar-refractivity contribution < 1.29 is 14.3 Å².